The Kier molecular flexibility index (Phi) is 6.84. The predicted molar refractivity (Wildman–Crippen MR) is 93.7 cm³/mol. The van der Waals surface area contributed by atoms with Crippen LogP contribution in [0.15, 0.2) is 0 Å². The molecule has 0 aliphatic heterocycles. The molecule has 6 N–H and O–H groups in total. The van der Waals surface area contributed by atoms with E-state index in [4.69, 9.17) is 82.3 Å². The Balaban J connectivity index is 3.23. The second kappa shape index (κ2) is 7.68. The van der Waals surface area contributed by atoms with Crippen LogP contribution in [0.5, 0.6) is 0 Å². The molecule has 0 aliphatic carbocycles. The van der Waals surface area contributed by atoms with Crippen LogP contribution in [-0.2, 0) is 13.1 Å². The molecule has 110 valence electrons. The zero-order valence-corrected chi connectivity index (χ0v) is 14.6. The summed E-state index contributed by atoms with van der Waals surface area (Å²) in [5.41, 5.74) is 11.8. The lowest BCUT2D eigenvalue weighted by molar-refractivity contribution is 0.892. The van der Waals surface area contributed by atoms with Crippen LogP contribution < -0.4 is 22.1 Å². The number of nitrogens with two attached hydrogens (primary N) is 2. The average molecular weight is 392 g/mol. The number of halogens is 4. The van der Waals surface area contributed by atoms with Crippen molar-refractivity contribution in [1.29, 1.82) is 0 Å². The van der Waals surface area contributed by atoms with E-state index >= 15 is 0 Å². The third-order valence-corrected chi connectivity index (χ3v) is 4.47. The van der Waals surface area contributed by atoms with E-state index < -0.39 is 0 Å². The second-order valence-electron chi connectivity index (χ2n) is 3.65. The lowest BCUT2D eigenvalue weighted by atomic mass is 10.1. The Morgan fingerprint density at radius 3 is 1.40 bits per heavy atom. The van der Waals surface area contributed by atoms with Crippen molar-refractivity contribution in [2.24, 2.45) is 11.5 Å². The van der Waals surface area contributed by atoms with E-state index in [0.717, 1.165) is 0 Å². The maximum atomic E-state index is 6.28. The van der Waals surface area contributed by atoms with Gasteiger partial charge in [-0.15, -0.1) is 0 Å². The molecule has 0 radical (unpaired) electrons. The number of benzene rings is 1. The van der Waals surface area contributed by atoms with E-state index in [1.165, 1.54) is 0 Å². The highest BCUT2D eigenvalue weighted by atomic mass is 35.5. The molecule has 0 amide bonds. The third kappa shape index (κ3) is 4.38. The lowest BCUT2D eigenvalue weighted by Gasteiger charge is -2.16. The molecule has 0 bridgehead atoms. The molecule has 1 aromatic rings. The van der Waals surface area contributed by atoms with E-state index in [9.17, 15) is 0 Å². The summed E-state index contributed by atoms with van der Waals surface area (Å²) in [4.78, 5) is 0. The molecular formula is C10H10Cl4N4S2. The Bertz CT molecular complexity index is 520. The SMILES string of the molecule is NC(=S)NCc1c(Cl)c(Cl)c(Cl)c(CNC(N)=S)c1Cl. The highest BCUT2D eigenvalue weighted by Gasteiger charge is 2.20. The van der Waals surface area contributed by atoms with E-state index in [1.54, 1.807) is 0 Å². The van der Waals surface area contributed by atoms with Gasteiger partial charge in [0.25, 0.3) is 0 Å². The highest BCUT2D eigenvalue weighted by Crippen LogP contribution is 2.41. The smallest absolute Gasteiger partial charge is 0.163 e. The number of rotatable bonds is 4. The van der Waals surface area contributed by atoms with Crippen molar-refractivity contribution in [3.8, 4) is 0 Å². The van der Waals surface area contributed by atoms with Crippen LogP contribution in [0.4, 0.5) is 0 Å². The maximum Gasteiger partial charge on any atom is 0.163 e. The molecular weight excluding hydrogens is 382 g/mol. The predicted octanol–water partition coefficient (Wildman–Crippen LogP) is 2.97. The van der Waals surface area contributed by atoms with Crippen molar-refractivity contribution in [3.63, 3.8) is 0 Å². The van der Waals surface area contributed by atoms with Gasteiger partial charge in [0, 0.05) is 24.2 Å². The molecule has 1 rings (SSSR count). The van der Waals surface area contributed by atoms with Gasteiger partial charge < -0.3 is 22.1 Å². The van der Waals surface area contributed by atoms with Gasteiger partial charge in [0.15, 0.2) is 10.2 Å². The third-order valence-electron chi connectivity index (χ3n) is 2.32. The minimum absolute atomic E-state index is 0.117. The monoisotopic (exact) mass is 390 g/mol. The molecule has 1 aromatic carbocycles. The van der Waals surface area contributed by atoms with Gasteiger partial charge in [0.2, 0.25) is 0 Å². The molecule has 10 heteroatoms. The Hall–Kier alpha value is -0.240. The summed E-state index contributed by atoms with van der Waals surface area (Å²) in [6.45, 7) is 0.452. The first kappa shape index (κ1) is 17.8. The molecule has 0 atom stereocenters. The highest BCUT2D eigenvalue weighted by molar-refractivity contribution is 7.80. The minimum atomic E-state index is 0.117. The fourth-order valence-corrected chi connectivity index (χ4v) is 2.75. The van der Waals surface area contributed by atoms with Crippen LogP contribution in [-0.4, -0.2) is 10.2 Å². The van der Waals surface area contributed by atoms with Crippen molar-refractivity contribution < 1.29 is 0 Å². The summed E-state index contributed by atoms with van der Waals surface area (Å²) in [6, 6.07) is 0. The van der Waals surface area contributed by atoms with E-state index in [-0.39, 0.29) is 38.4 Å². The zero-order chi connectivity index (χ0) is 15.4. The van der Waals surface area contributed by atoms with Gasteiger partial charge in [-0.05, 0) is 24.4 Å². The Labute approximate surface area is 147 Å². The molecule has 0 fully saturated rings. The van der Waals surface area contributed by atoms with Crippen LogP contribution in [0.25, 0.3) is 0 Å². The Morgan fingerprint density at radius 2 is 1.10 bits per heavy atom. The summed E-state index contributed by atoms with van der Waals surface area (Å²) in [5, 5.41) is 6.75. The van der Waals surface area contributed by atoms with Gasteiger partial charge in [-0.1, -0.05) is 46.4 Å². The first-order valence-electron chi connectivity index (χ1n) is 5.16. The lowest BCUT2D eigenvalue weighted by Crippen LogP contribution is -2.30. The van der Waals surface area contributed by atoms with Gasteiger partial charge >= 0.3 is 0 Å². The Morgan fingerprint density at radius 1 is 0.750 bits per heavy atom. The van der Waals surface area contributed by atoms with Crippen LogP contribution >= 0.6 is 70.8 Å². The zero-order valence-electron chi connectivity index (χ0n) is 9.90. The first-order valence-corrected chi connectivity index (χ1v) is 7.48. The summed E-state index contributed by atoms with van der Waals surface area (Å²) in [5.74, 6) is 0. The van der Waals surface area contributed by atoms with Crippen LogP contribution in [0.3, 0.4) is 0 Å². The molecule has 0 saturated carbocycles. The largest absolute Gasteiger partial charge is 0.376 e. The van der Waals surface area contributed by atoms with Crippen molar-refractivity contribution in [2.45, 2.75) is 13.1 Å². The minimum Gasteiger partial charge on any atom is -0.376 e. The summed E-state index contributed by atoms with van der Waals surface area (Å²) in [6.07, 6.45) is 0. The molecule has 4 nitrogen and oxygen atoms in total. The summed E-state index contributed by atoms with van der Waals surface area (Å²) >= 11 is 34.1. The van der Waals surface area contributed by atoms with Crippen LogP contribution in [0, 0.1) is 0 Å². The van der Waals surface area contributed by atoms with E-state index in [1.807, 2.05) is 0 Å². The average Bonchev–Trinajstić information content (AvgIpc) is 2.35. The first-order chi connectivity index (χ1) is 9.25. The van der Waals surface area contributed by atoms with E-state index in [2.05, 4.69) is 10.6 Å². The maximum absolute atomic E-state index is 6.28. The standard InChI is InChI=1S/C10H10Cl4N4S2/c11-5-3(1-17-9(15)19)6(12)8(14)7(13)4(5)2-18-10(16)20/h1-2H2,(H3,15,17,19)(H3,16,18,20). The van der Waals surface area contributed by atoms with Crippen molar-refractivity contribution in [2.75, 3.05) is 0 Å². The van der Waals surface area contributed by atoms with Gasteiger partial charge in [-0.2, -0.15) is 0 Å². The van der Waals surface area contributed by atoms with Crippen molar-refractivity contribution in [3.05, 3.63) is 31.2 Å². The normalized spacial score (nSPS) is 10.2. The van der Waals surface area contributed by atoms with Crippen molar-refractivity contribution in [1.82, 2.24) is 10.6 Å². The summed E-state index contributed by atoms with van der Waals surface area (Å²) in [7, 11) is 0. The quantitative estimate of drug-likeness (QED) is 0.359. The number of thiocarbonyl (C=S) groups is 2. The topological polar surface area (TPSA) is 76.1 Å². The van der Waals surface area contributed by atoms with Crippen LogP contribution in [0.2, 0.25) is 20.1 Å². The van der Waals surface area contributed by atoms with Gasteiger partial charge in [0.05, 0.1) is 20.1 Å². The molecule has 0 heterocycles. The molecule has 0 unspecified atom stereocenters. The fraction of sp³-hybridized carbons (Fsp3) is 0.200. The second-order valence-corrected chi connectivity index (χ2v) is 6.04. The number of hydrogen-bond acceptors (Lipinski definition) is 2. The molecule has 20 heavy (non-hydrogen) atoms. The fourth-order valence-electron chi connectivity index (χ4n) is 1.40. The van der Waals surface area contributed by atoms with Gasteiger partial charge in [0.1, 0.15) is 0 Å². The molecule has 0 aliphatic rings. The molecule has 0 aromatic heterocycles. The number of hydrogen-bond donors (Lipinski definition) is 4. The van der Waals surface area contributed by atoms with Crippen LogP contribution in [0.1, 0.15) is 11.1 Å². The van der Waals surface area contributed by atoms with Crippen molar-refractivity contribution >= 4 is 81.1 Å². The summed E-state index contributed by atoms with van der Waals surface area (Å²) < 4.78 is 0. The van der Waals surface area contributed by atoms with Gasteiger partial charge in [-0.25, -0.2) is 0 Å². The van der Waals surface area contributed by atoms with Gasteiger partial charge in [-0.3, -0.25) is 0 Å². The molecule has 0 saturated heterocycles. The molecule has 0 spiro atoms. The van der Waals surface area contributed by atoms with E-state index in [0.29, 0.717) is 16.1 Å². The number of nitrogens with one attached hydrogen (secondary N) is 2.